The molecule has 0 aliphatic carbocycles. The molecule has 29 heavy (non-hydrogen) atoms. The van der Waals surface area contributed by atoms with Gasteiger partial charge in [0.15, 0.2) is 0 Å². The Morgan fingerprint density at radius 3 is 2.62 bits per heavy atom. The topological polar surface area (TPSA) is 97.9 Å². The van der Waals surface area contributed by atoms with Gasteiger partial charge in [0, 0.05) is 30.5 Å². The molecular formula is C23H27N5O. The van der Waals surface area contributed by atoms with Gasteiger partial charge in [-0.1, -0.05) is 24.3 Å². The average molecular weight is 390 g/mol. The van der Waals surface area contributed by atoms with Gasteiger partial charge in [0.05, 0.1) is 11.6 Å². The normalized spacial score (nSPS) is 11.0. The fraction of sp³-hybridized carbons (Fsp3) is 0.304. The first-order chi connectivity index (χ1) is 14.1. The molecule has 0 saturated heterocycles. The standard InChI is InChI=1S/C23H27N5O/c1-28(11-2-3-17-4-6-18(15-24)7-5-17)12-10-26-23(29)22-14-20-13-19(16-25)8-9-21(20)27-22/h4-9,13-14,27H,2-3,10-12,15,24H2,1H3,(H,26,29). The Morgan fingerprint density at radius 2 is 1.90 bits per heavy atom. The Labute approximate surface area is 171 Å². The molecule has 6 heteroatoms. The van der Waals surface area contributed by atoms with E-state index in [0.717, 1.165) is 42.4 Å². The maximum absolute atomic E-state index is 12.4. The highest BCUT2D eigenvalue weighted by Gasteiger charge is 2.10. The predicted molar refractivity (Wildman–Crippen MR) is 115 cm³/mol. The smallest absolute Gasteiger partial charge is 0.267 e. The molecule has 150 valence electrons. The van der Waals surface area contributed by atoms with Crippen molar-refractivity contribution in [2.75, 3.05) is 26.7 Å². The minimum Gasteiger partial charge on any atom is -0.351 e. The summed E-state index contributed by atoms with van der Waals surface area (Å²) in [4.78, 5) is 17.7. The molecule has 0 atom stereocenters. The monoisotopic (exact) mass is 389 g/mol. The number of nitrogens with two attached hydrogens (primary N) is 1. The Morgan fingerprint density at radius 1 is 1.14 bits per heavy atom. The molecule has 0 spiro atoms. The zero-order chi connectivity index (χ0) is 20.6. The summed E-state index contributed by atoms with van der Waals surface area (Å²) >= 11 is 0. The maximum atomic E-state index is 12.4. The SMILES string of the molecule is CN(CCCc1ccc(CN)cc1)CCNC(=O)c1cc2cc(C#N)ccc2[nH]1. The van der Waals surface area contributed by atoms with E-state index in [1.54, 1.807) is 18.2 Å². The number of aromatic nitrogens is 1. The molecule has 0 aliphatic rings. The van der Waals surface area contributed by atoms with Crippen LogP contribution in [0.2, 0.25) is 0 Å². The van der Waals surface area contributed by atoms with Gasteiger partial charge >= 0.3 is 0 Å². The van der Waals surface area contributed by atoms with Gasteiger partial charge in [0.1, 0.15) is 5.69 Å². The Kier molecular flexibility index (Phi) is 7.01. The minimum absolute atomic E-state index is 0.131. The molecule has 1 amide bonds. The number of aryl methyl sites for hydroxylation is 1. The maximum Gasteiger partial charge on any atom is 0.267 e. The van der Waals surface area contributed by atoms with E-state index in [2.05, 4.69) is 52.6 Å². The van der Waals surface area contributed by atoms with Crippen molar-refractivity contribution in [3.63, 3.8) is 0 Å². The number of hydrogen-bond acceptors (Lipinski definition) is 4. The molecule has 1 aromatic heterocycles. The quantitative estimate of drug-likeness (QED) is 0.524. The number of nitrogens with zero attached hydrogens (tertiary/aromatic N) is 2. The van der Waals surface area contributed by atoms with E-state index < -0.39 is 0 Å². The Hall–Kier alpha value is -3.14. The lowest BCUT2D eigenvalue weighted by molar-refractivity contribution is 0.0945. The van der Waals surface area contributed by atoms with Crippen molar-refractivity contribution >= 4 is 16.8 Å². The summed E-state index contributed by atoms with van der Waals surface area (Å²) in [5.41, 5.74) is 10.1. The van der Waals surface area contributed by atoms with E-state index in [1.807, 2.05) is 6.07 Å². The molecular weight excluding hydrogens is 362 g/mol. The van der Waals surface area contributed by atoms with Gasteiger partial charge in [0.25, 0.3) is 5.91 Å². The number of carbonyl (C=O) groups excluding carboxylic acids is 1. The third-order valence-electron chi connectivity index (χ3n) is 5.04. The van der Waals surface area contributed by atoms with Crippen LogP contribution in [-0.2, 0) is 13.0 Å². The summed E-state index contributed by atoms with van der Waals surface area (Å²) < 4.78 is 0. The molecule has 0 aliphatic heterocycles. The number of likely N-dealkylation sites (N-methyl/N-ethyl adjacent to an activating group) is 1. The molecule has 0 radical (unpaired) electrons. The molecule has 3 rings (SSSR count). The van der Waals surface area contributed by atoms with Crippen LogP contribution in [0.15, 0.2) is 48.5 Å². The molecule has 4 N–H and O–H groups in total. The summed E-state index contributed by atoms with van der Waals surface area (Å²) in [7, 11) is 2.07. The van der Waals surface area contributed by atoms with E-state index in [0.29, 0.717) is 24.3 Å². The average Bonchev–Trinajstić information content (AvgIpc) is 3.17. The number of benzene rings is 2. The number of rotatable bonds is 9. The largest absolute Gasteiger partial charge is 0.351 e. The van der Waals surface area contributed by atoms with Crippen LogP contribution >= 0.6 is 0 Å². The Bertz CT molecular complexity index is 1000. The molecule has 0 unspecified atom stereocenters. The van der Waals surface area contributed by atoms with Crippen molar-refractivity contribution in [3.8, 4) is 6.07 Å². The summed E-state index contributed by atoms with van der Waals surface area (Å²) in [5, 5.41) is 12.8. The second kappa shape index (κ2) is 9.87. The fourth-order valence-electron chi connectivity index (χ4n) is 3.29. The van der Waals surface area contributed by atoms with Crippen LogP contribution in [0.3, 0.4) is 0 Å². The first-order valence-electron chi connectivity index (χ1n) is 9.86. The second-order valence-corrected chi connectivity index (χ2v) is 7.28. The molecule has 0 bridgehead atoms. The summed E-state index contributed by atoms with van der Waals surface area (Å²) in [6.07, 6.45) is 2.09. The number of aromatic amines is 1. The third-order valence-corrected chi connectivity index (χ3v) is 5.04. The number of hydrogen-bond donors (Lipinski definition) is 3. The van der Waals surface area contributed by atoms with Gasteiger partial charge in [0.2, 0.25) is 0 Å². The lowest BCUT2D eigenvalue weighted by Gasteiger charge is -2.16. The van der Waals surface area contributed by atoms with Crippen molar-refractivity contribution in [3.05, 3.63) is 70.9 Å². The zero-order valence-electron chi connectivity index (χ0n) is 16.7. The molecule has 6 nitrogen and oxygen atoms in total. The highest BCUT2D eigenvalue weighted by molar-refractivity contribution is 5.98. The van der Waals surface area contributed by atoms with Crippen molar-refractivity contribution in [2.45, 2.75) is 19.4 Å². The van der Waals surface area contributed by atoms with Gasteiger partial charge in [-0.25, -0.2) is 0 Å². The molecule has 3 aromatic rings. The lowest BCUT2D eigenvalue weighted by Crippen LogP contribution is -2.33. The van der Waals surface area contributed by atoms with Crippen LogP contribution in [0.25, 0.3) is 10.9 Å². The second-order valence-electron chi connectivity index (χ2n) is 7.28. The van der Waals surface area contributed by atoms with Gasteiger partial charge in [-0.2, -0.15) is 5.26 Å². The highest BCUT2D eigenvalue weighted by atomic mass is 16.1. The van der Waals surface area contributed by atoms with Crippen LogP contribution in [0.4, 0.5) is 0 Å². The molecule has 0 saturated carbocycles. The molecule has 0 fully saturated rings. The van der Waals surface area contributed by atoms with E-state index in [9.17, 15) is 4.79 Å². The van der Waals surface area contributed by atoms with Crippen LogP contribution in [0.1, 0.15) is 33.6 Å². The van der Waals surface area contributed by atoms with Gasteiger partial charge in [-0.15, -0.1) is 0 Å². The van der Waals surface area contributed by atoms with E-state index in [4.69, 9.17) is 11.0 Å². The number of nitriles is 1. The third kappa shape index (κ3) is 5.67. The van der Waals surface area contributed by atoms with Crippen molar-refractivity contribution in [1.29, 1.82) is 5.26 Å². The van der Waals surface area contributed by atoms with Crippen LogP contribution < -0.4 is 11.1 Å². The zero-order valence-corrected chi connectivity index (χ0v) is 16.7. The first-order valence-corrected chi connectivity index (χ1v) is 9.86. The van der Waals surface area contributed by atoms with Crippen LogP contribution in [0.5, 0.6) is 0 Å². The van der Waals surface area contributed by atoms with E-state index in [-0.39, 0.29) is 5.91 Å². The van der Waals surface area contributed by atoms with Crippen molar-refractivity contribution < 1.29 is 4.79 Å². The van der Waals surface area contributed by atoms with E-state index in [1.165, 1.54) is 5.56 Å². The minimum atomic E-state index is -0.131. The number of carbonyl (C=O) groups is 1. The fourth-order valence-corrected chi connectivity index (χ4v) is 3.29. The number of nitrogens with one attached hydrogen (secondary N) is 2. The number of amides is 1. The summed E-state index contributed by atoms with van der Waals surface area (Å²) in [5.74, 6) is -0.131. The van der Waals surface area contributed by atoms with Crippen molar-refractivity contribution in [2.24, 2.45) is 5.73 Å². The van der Waals surface area contributed by atoms with E-state index >= 15 is 0 Å². The Balaban J connectivity index is 1.39. The number of fused-ring (bicyclic) bond motifs is 1. The summed E-state index contributed by atoms with van der Waals surface area (Å²) in [6, 6.07) is 17.7. The molecule has 2 aromatic carbocycles. The lowest BCUT2D eigenvalue weighted by atomic mass is 10.1. The number of H-pyrrole nitrogens is 1. The van der Waals surface area contributed by atoms with Gasteiger partial charge < -0.3 is 20.9 Å². The van der Waals surface area contributed by atoms with Gasteiger partial charge in [-0.05, 0) is 61.8 Å². The highest BCUT2D eigenvalue weighted by Crippen LogP contribution is 2.17. The summed E-state index contributed by atoms with van der Waals surface area (Å²) in [6.45, 7) is 2.92. The first kappa shape index (κ1) is 20.6. The van der Waals surface area contributed by atoms with Gasteiger partial charge in [-0.3, -0.25) is 4.79 Å². The molecule has 1 heterocycles. The predicted octanol–water partition coefficient (Wildman–Crippen LogP) is 2.79. The van der Waals surface area contributed by atoms with Crippen LogP contribution in [-0.4, -0.2) is 42.5 Å². The van der Waals surface area contributed by atoms with Crippen molar-refractivity contribution in [1.82, 2.24) is 15.2 Å². The van der Waals surface area contributed by atoms with Crippen LogP contribution in [0, 0.1) is 11.3 Å².